The summed E-state index contributed by atoms with van der Waals surface area (Å²) in [6.07, 6.45) is 2.43. The number of pyridine rings is 1. The van der Waals surface area contributed by atoms with Gasteiger partial charge in [-0.2, -0.15) is 0 Å². The van der Waals surface area contributed by atoms with Crippen molar-refractivity contribution < 1.29 is 5.11 Å². The Hall–Kier alpha value is -0.900. The second-order valence-corrected chi connectivity index (χ2v) is 5.40. The van der Waals surface area contributed by atoms with Crippen LogP contribution >= 0.6 is 27.5 Å². The molecule has 1 aromatic carbocycles. The standard InChI is InChI=1S/C14H13BrClNO/c15-11-5-6-12(17-8-11)7-10(9-18)13-3-1-2-4-14(13)16/h1-6,8,10,18H,7,9H2. The van der Waals surface area contributed by atoms with Gasteiger partial charge in [0.2, 0.25) is 0 Å². The van der Waals surface area contributed by atoms with Gasteiger partial charge in [-0.25, -0.2) is 0 Å². The van der Waals surface area contributed by atoms with Crippen molar-refractivity contribution in [3.8, 4) is 0 Å². The number of hydrogen-bond acceptors (Lipinski definition) is 2. The summed E-state index contributed by atoms with van der Waals surface area (Å²) in [6, 6.07) is 11.5. The van der Waals surface area contributed by atoms with E-state index in [1.165, 1.54) is 0 Å². The van der Waals surface area contributed by atoms with E-state index in [-0.39, 0.29) is 12.5 Å². The van der Waals surface area contributed by atoms with E-state index in [1.54, 1.807) is 6.20 Å². The molecule has 1 heterocycles. The third-order valence-corrected chi connectivity index (χ3v) is 3.62. The Kier molecular flexibility index (Phi) is 4.75. The van der Waals surface area contributed by atoms with Crippen LogP contribution in [0.1, 0.15) is 17.2 Å². The van der Waals surface area contributed by atoms with Crippen molar-refractivity contribution in [1.82, 2.24) is 4.98 Å². The lowest BCUT2D eigenvalue weighted by molar-refractivity contribution is 0.264. The summed E-state index contributed by atoms with van der Waals surface area (Å²) in [5.41, 5.74) is 1.91. The fraction of sp³-hybridized carbons (Fsp3) is 0.214. The quantitative estimate of drug-likeness (QED) is 0.926. The summed E-state index contributed by atoms with van der Waals surface area (Å²) in [5.74, 6) is -0.0209. The average molecular weight is 327 g/mol. The van der Waals surface area contributed by atoms with Crippen molar-refractivity contribution in [3.63, 3.8) is 0 Å². The Morgan fingerprint density at radius 3 is 2.61 bits per heavy atom. The lowest BCUT2D eigenvalue weighted by Gasteiger charge is -2.15. The van der Waals surface area contributed by atoms with Crippen LogP contribution in [-0.4, -0.2) is 16.7 Å². The largest absolute Gasteiger partial charge is 0.396 e. The van der Waals surface area contributed by atoms with Gasteiger partial charge in [-0.15, -0.1) is 0 Å². The average Bonchev–Trinajstić information content (AvgIpc) is 2.39. The van der Waals surface area contributed by atoms with Gasteiger partial charge in [0.25, 0.3) is 0 Å². The molecule has 1 N–H and O–H groups in total. The van der Waals surface area contributed by atoms with Crippen LogP contribution in [0.5, 0.6) is 0 Å². The number of aliphatic hydroxyl groups excluding tert-OH is 1. The highest BCUT2D eigenvalue weighted by Crippen LogP contribution is 2.26. The van der Waals surface area contributed by atoms with Crippen molar-refractivity contribution in [3.05, 3.63) is 63.3 Å². The number of hydrogen-bond donors (Lipinski definition) is 1. The summed E-state index contributed by atoms with van der Waals surface area (Å²) in [5, 5.41) is 10.2. The molecule has 0 radical (unpaired) electrons. The second kappa shape index (κ2) is 6.32. The van der Waals surface area contributed by atoms with E-state index in [4.69, 9.17) is 11.6 Å². The molecule has 94 valence electrons. The zero-order valence-electron chi connectivity index (χ0n) is 9.68. The first-order chi connectivity index (χ1) is 8.70. The van der Waals surface area contributed by atoms with Gasteiger partial charge in [0.05, 0.1) is 6.61 Å². The molecule has 0 bridgehead atoms. The van der Waals surface area contributed by atoms with Gasteiger partial charge in [0, 0.05) is 27.3 Å². The van der Waals surface area contributed by atoms with E-state index >= 15 is 0 Å². The maximum absolute atomic E-state index is 9.52. The lowest BCUT2D eigenvalue weighted by Crippen LogP contribution is -2.09. The third kappa shape index (κ3) is 3.31. The smallest absolute Gasteiger partial charge is 0.0504 e. The molecule has 1 atom stereocenters. The van der Waals surface area contributed by atoms with Crippen LogP contribution in [-0.2, 0) is 6.42 Å². The van der Waals surface area contributed by atoms with Crippen LogP contribution in [0.3, 0.4) is 0 Å². The number of aliphatic hydroxyl groups is 1. The van der Waals surface area contributed by atoms with Crippen molar-refractivity contribution in [1.29, 1.82) is 0 Å². The molecular weight excluding hydrogens is 314 g/mol. The minimum atomic E-state index is -0.0209. The molecule has 0 aliphatic rings. The van der Waals surface area contributed by atoms with Crippen molar-refractivity contribution >= 4 is 27.5 Å². The van der Waals surface area contributed by atoms with Gasteiger partial charge in [-0.3, -0.25) is 4.98 Å². The van der Waals surface area contributed by atoms with E-state index in [0.29, 0.717) is 11.4 Å². The Bertz CT molecular complexity index is 515. The lowest BCUT2D eigenvalue weighted by atomic mass is 9.95. The zero-order valence-corrected chi connectivity index (χ0v) is 12.0. The highest BCUT2D eigenvalue weighted by atomic mass is 79.9. The molecule has 4 heteroatoms. The molecule has 0 saturated carbocycles. The summed E-state index contributed by atoms with van der Waals surface area (Å²) in [7, 11) is 0. The normalized spacial score (nSPS) is 12.4. The van der Waals surface area contributed by atoms with E-state index in [0.717, 1.165) is 15.7 Å². The minimum absolute atomic E-state index is 0.0209. The molecule has 1 aromatic heterocycles. The van der Waals surface area contributed by atoms with E-state index in [1.807, 2.05) is 36.4 Å². The SMILES string of the molecule is OCC(Cc1ccc(Br)cn1)c1ccccc1Cl. The summed E-state index contributed by atoms with van der Waals surface area (Å²) in [6.45, 7) is 0.0570. The molecule has 0 aliphatic heterocycles. The fourth-order valence-corrected chi connectivity index (χ4v) is 2.38. The molecule has 0 spiro atoms. The molecule has 2 rings (SSSR count). The zero-order chi connectivity index (χ0) is 13.0. The van der Waals surface area contributed by atoms with Gasteiger partial charge in [0.15, 0.2) is 0 Å². The van der Waals surface area contributed by atoms with Gasteiger partial charge >= 0.3 is 0 Å². The van der Waals surface area contributed by atoms with Gasteiger partial charge < -0.3 is 5.11 Å². The molecule has 0 aliphatic carbocycles. The topological polar surface area (TPSA) is 33.1 Å². The van der Waals surface area contributed by atoms with Crippen LogP contribution < -0.4 is 0 Å². The Morgan fingerprint density at radius 2 is 2.00 bits per heavy atom. The van der Waals surface area contributed by atoms with E-state index in [2.05, 4.69) is 20.9 Å². The number of benzene rings is 1. The summed E-state index contributed by atoms with van der Waals surface area (Å²) < 4.78 is 0.949. The Labute approximate surface area is 120 Å². The number of nitrogens with zero attached hydrogens (tertiary/aromatic N) is 1. The molecule has 0 amide bonds. The summed E-state index contributed by atoms with van der Waals surface area (Å²) in [4.78, 5) is 4.32. The molecule has 0 fully saturated rings. The van der Waals surface area contributed by atoms with Crippen LogP contribution in [0.2, 0.25) is 5.02 Å². The van der Waals surface area contributed by atoms with Crippen molar-refractivity contribution in [2.75, 3.05) is 6.61 Å². The first kappa shape index (κ1) is 13.5. The van der Waals surface area contributed by atoms with E-state index < -0.39 is 0 Å². The molecular formula is C14H13BrClNO. The van der Waals surface area contributed by atoms with Gasteiger partial charge in [-0.05, 0) is 46.1 Å². The first-order valence-electron chi connectivity index (χ1n) is 5.66. The molecule has 0 saturated heterocycles. The van der Waals surface area contributed by atoms with Crippen LogP contribution in [0.25, 0.3) is 0 Å². The monoisotopic (exact) mass is 325 g/mol. The van der Waals surface area contributed by atoms with Gasteiger partial charge in [-0.1, -0.05) is 29.8 Å². The summed E-state index contributed by atoms with van der Waals surface area (Å²) >= 11 is 9.50. The number of aromatic nitrogens is 1. The predicted octanol–water partition coefficient (Wildman–Crippen LogP) is 3.82. The van der Waals surface area contributed by atoms with Crippen LogP contribution in [0, 0.1) is 0 Å². The molecule has 2 aromatic rings. The molecule has 1 unspecified atom stereocenters. The minimum Gasteiger partial charge on any atom is -0.396 e. The number of rotatable bonds is 4. The maximum Gasteiger partial charge on any atom is 0.0504 e. The molecule has 2 nitrogen and oxygen atoms in total. The van der Waals surface area contributed by atoms with Crippen molar-refractivity contribution in [2.45, 2.75) is 12.3 Å². The highest BCUT2D eigenvalue weighted by Gasteiger charge is 2.14. The molecule has 18 heavy (non-hydrogen) atoms. The fourth-order valence-electron chi connectivity index (χ4n) is 1.86. The second-order valence-electron chi connectivity index (χ2n) is 4.07. The van der Waals surface area contributed by atoms with Crippen LogP contribution in [0.15, 0.2) is 47.1 Å². The first-order valence-corrected chi connectivity index (χ1v) is 6.83. The van der Waals surface area contributed by atoms with Crippen molar-refractivity contribution in [2.24, 2.45) is 0 Å². The van der Waals surface area contributed by atoms with Crippen LogP contribution in [0.4, 0.5) is 0 Å². The predicted molar refractivity (Wildman–Crippen MR) is 76.9 cm³/mol. The Balaban J connectivity index is 2.20. The third-order valence-electron chi connectivity index (χ3n) is 2.81. The maximum atomic E-state index is 9.52. The van der Waals surface area contributed by atoms with Gasteiger partial charge in [0.1, 0.15) is 0 Å². The van der Waals surface area contributed by atoms with E-state index in [9.17, 15) is 5.11 Å². The number of halogens is 2. The highest BCUT2D eigenvalue weighted by molar-refractivity contribution is 9.10. The Morgan fingerprint density at radius 1 is 1.22 bits per heavy atom.